The number of likely N-dealkylation sites (tertiary alicyclic amines) is 1. The van der Waals surface area contributed by atoms with Crippen LogP contribution < -0.4 is 0 Å². The number of amides is 1. The number of aromatic amines is 1. The molecule has 2 aliphatic rings. The first-order valence-electron chi connectivity index (χ1n) is 8.39. The number of aliphatic carboxylic acids is 1. The highest BCUT2D eigenvalue weighted by Gasteiger charge is 2.49. The van der Waals surface area contributed by atoms with E-state index in [1.165, 1.54) is 17.0 Å². The number of rotatable bonds is 3. The Hall–Kier alpha value is -2.70. The summed E-state index contributed by atoms with van der Waals surface area (Å²) < 4.78 is 13.0. The minimum Gasteiger partial charge on any atom is -0.480 e. The molecular weight excluding hydrogens is 325 g/mol. The van der Waals surface area contributed by atoms with Gasteiger partial charge in [-0.3, -0.25) is 9.89 Å². The molecule has 0 spiro atoms. The van der Waals surface area contributed by atoms with Crippen LogP contribution in [0.15, 0.2) is 30.3 Å². The summed E-state index contributed by atoms with van der Waals surface area (Å²) in [6, 6.07) is 6.64. The number of aromatic nitrogens is 2. The number of nitrogens with one attached hydrogen (secondary N) is 1. The Morgan fingerprint density at radius 3 is 2.72 bits per heavy atom. The van der Waals surface area contributed by atoms with E-state index in [4.69, 9.17) is 0 Å². The van der Waals surface area contributed by atoms with E-state index >= 15 is 0 Å². The van der Waals surface area contributed by atoms with Crippen molar-refractivity contribution >= 4 is 11.9 Å². The van der Waals surface area contributed by atoms with Gasteiger partial charge in [-0.1, -0.05) is 6.42 Å². The van der Waals surface area contributed by atoms with Crippen LogP contribution in [0.1, 0.15) is 29.8 Å². The molecular formula is C18H18FN3O3. The first kappa shape index (κ1) is 15.8. The van der Waals surface area contributed by atoms with Crippen molar-refractivity contribution in [2.24, 2.45) is 11.8 Å². The van der Waals surface area contributed by atoms with Gasteiger partial charge in [0.1, 0.15) is 17.6 Å². The zero-order valence-electron chi connectivity index (χ0n) is 13.5. The summed E-state index contributed by atoms with van der Waals surface area (Å²) in [6.07, 6.45) is 2.86. The zero-order chi connectivity index (χ0) is 17.6. The van der Waals surface area contributed by atoms with Crippen molar-refractivity contribution in [3.63, 3.8) is 0 Å². The minimum absolute atomic E-state index is 0.0425. The standard InChI is InChI=1S/C18H18FN3O3/c19-12-6-4-10(5-7-12)14-8-15(21-20-14)17(23)22-9-11-2-1-3-13(11)16(22)18(24)25/h4-8,11,13,16H,1-3,9H2,(H,20,21)(H,24,25). The fourth-order valence-corrected chi connectivity index (χ4v) is 4.19. The Bertz CT molecular complexity index is 817. The van der Waals surface area contributed by atoms with Gasteiger partial charge >= 0.3 is 5.97 Å². The maximum Gasteiger partial charge on any atom is 0.326 e. The smallest absolute Gasteiger partial charge is 0.326 e. The molecule has 6 nitrogen and oxygen atoms in total. The Balaban J connectivity index is 1.59. The molecule has 2 heterocycles. The van der Waals surface area contributed by atoms with Crippen molar-refractivity contribution in [1.29, 1.82) is 0 Å². The number of nitrogens with zero attached hydrogens (tertiary/aromatic N) is 2. The van der Waals surface area contributed by atoms with Crippen LogP contribution >= 0.6 is 0 Å². The summed E-state index contributed by atoms with van der Waals surface area (Å²) in [5.41, 5.74) is 1.46. The number of H-pyrrole nitrogens is 1. The molecule has 1 saturated heterocycles. The lowest BCUT2D eigenvalue weighted by molar-refractivity contribution is -0.142. The Kier molecular flexibility index (Phi) is 3.78. The second-order valence-corrected chi connectivity index (χ2v) is 6.77. The van der Waals surface area contributed by atoms with E-state index < -0.39 is 12.0 Å². The molecule has 1 aliphatic carbocycles. The summed E-state index contributed by atoms with van der Waals surface area (Å²) in [5.74, 6) is -1.32. The average molecular weight is 343 g/mol. The second kappa shape index (κ2) is 5.98. The molecule has 1 saturated carbocycles. The van der Waals surface area contributed by atoms with Crippen molar-refractivity contribution in [2.75, 3.05) is 6.54 Å². The lowest BCUT2D eigenvalue weighted by Gasteiger charge is -2.23. The molecule has 130 valence electrons. The van der Waals surface area contributed by atoms with Crippen molar-refractivity contribution in [2.45, 2.75) is 25.3 Å². The molecule has 25 heavy (non-hydrogen) atoms. The van der Waals surface area contributed by atoms with Gasteiger partial charge < -0.3 is 10.0 Å². The summed E-state index contributed by atoms with van der Waals surface area (Å²) in [7, 11) is 0. The molecule has 1 aliphatic heterocycles. The molecule has 4 rings (SSSR count). The number of fused-ring (bicyclic) bond motifs is 1. The molecule has 7 heteroatoms. The van der Waals surface area contributed by atoms with Crippen LogP contribution in [0.4, 0.5) is 4.39 Å². The van der Waals surface area contributed by atoms with Crippen LogP contribution in [0.25, 0.3) is 11.3 Å². The number of hydrogen-bond acceptors (Lipinski definition) is 3. The summed E-state index contributed by atoms with van der Waals surface area (Å²) in [6.45, 7) is 0.478. The van der Waals surface area contributed by atoms with Crippen molar-refractivity contribution < 1.29 is 19.1 Å². The van der Waals surface area contributed by atoms with E-state index in [2.05, 4.69) is 10.2 Å². The number of halogens is 1. The summed E-state index contributed by atoms with van der Waals surface area (Å²) >= 11 is 0. The highest BCUT2D eigenvalue weighted by atomic mass is 19.1. The van der Waals surface area contributed by atoms with Gasteiger partial charge in [-0.25, -0.2) is 9.18 Å². The lowest BCUT2D eigenvalue weighted by atomic mass is 9.94. The topological polar surface area (TPSA) is 86.3 Å². The highest BCUT2D eigenvalue weighted by Crippen LogP contribution is 2.42. The van der Waals surface area contributed by atoms with Gasteiger partial charge in [0.05, 0.1) is 5.69 Å². The Labute approximate surface area is 143 Å². The van der Waals surface area contributed by atoms with Gasteiger partial charge in [0.15, 0.2) is 0 Å². The zero-order valence-corrected chi connectivity index (χ0v) is 13.5. The third-order valence-corrected chi connectivity index (χ3v) is 5.35. The number of benzene rings is 1. The van der Waals surface area contributed by atoms with E-state index in [0.717, 1.165) is 19.3 Å². The van der Waals surface area contributed by atoms with Crippen LogP contribution in [-0.2, 0) is 4.79 Å². The van der Waals surface area contributed by atoms with Crippen LogP contribution in [0, 0.1) is 17.7 Å². The van der Waals surface area contributed by atoms with E-state index in [9.17, 15) is 19.1 Å². The summed E-state index contributed by atoms with van der Waals surface area (Å²) in [4.78, 5) is 26.0. The third kappa shape index (κ3) is 2.69. The maximum atomic E-state index is 13.0. The molecule has 1 amide bonds. The van der Waals surface area contributed by atoms with E-state index in [-0.39, 0.29) is 29.3 Å². The molecule has 0 bridgehead atoms. The number of carbonyl (C=O) groups is 2. The largest absolute Gasteiger partial charge is 0.480 e. The predicted octanol–water partition coefficient (Wildman–Crippen LogP) is 2.54. The monoisotopic (exact) mass is 343 g/mol. The van der Waals surface area contributed by atoms with Crippen molar-refractivity contribution in [3.05, 3.63) is 41.8 Å². The fourth-order valence-electron chi connectivity index (χ4n) is 4.19. The average Bonchev–Trinajstić information content (AvgIpc) is 3.29. The Morgan fingerprint density at radius 1 is 1.24 bits per heavy atom. The van der Waals surface area contributed by atoms with Gasteiger partial charge in [-0.2, -0.15) is 5.10 Å². The molecule has 2 fully saturated rings. The first-order valence-corrected chi connectivity index (χ1v) is 8.39. The van der Waals surface area contributed by atoms with Crippen LogP contribution in [0.3, 0.4) is 0 Å². The van der Waals surface area contributed by atoms with Gasteiger partial charge in [-0.05, 0) is 55.0 Å². The van der Waals surface area contributed by atoms with E-state index in [1.54, 1.807) is 18.2 Å². The Morgan fingerprint density at radius 2 is 2.00 bits per heavy atom. The first-order chi connectivity index (χ1) is 12.0. The molecule has 3 atom stereocenters. The maximum absolute atomic E-state index is 13.0. The SMILES string of the molecule is O=C(O)C1C2CCCC2CN1C(=O)c1cc(-c2ccc(F)cc2)n[nH]1. The number of hydrogen-bond donors (Lipinski definition) is 2. The van der Waals surface area contributed by atoms with Crippen LogP contribution in [-0.4, -0.2) is 44.7 Å². The minimum atomic E-state index is -0.943. The third-order valence-electron chi connectivity index (χ3n) is 5.35. The normalized spacial score (nSPS) is 25.2. The number of carboxylic acids is 1. The quantitative estimate of drug-likeness (QED) is 0.897. The fraction of sp³-hybridized carbons (Fsp3) is 0.389. The second-order valence-electron chi connectivity index (χ2n) is 6.77. The van der Waals surface area contributed by atoms with Crippen LogP contribution in [0.2, 0.25) is 0 Å². The van der Waals surface area contributed by atoms with Gasteiger partial charge in [0.2, 0.25) is 0 Å². The lowest BCUT2D eigenvalue weighted by Crippen LogP contribution is -2.43. The van der Waals surface area contributed by atoms with E-state index in [0.29, 0.717) is 17.8 Å². The predicted molar refractivity (Wildman–Crippen MR) is 87.3 cm³/mol. The molecule has 2 aromatic rings. The van der Waals surface area contributed by atoms with Crippen LogP contribution in [0.5, 0.6) is 0 Å². The molecule has 0 radical (unpaired) electrons. The molecule has 1 aromatic heterocycles. The molecule has 3 unspecified atom stereocenters. The van der Waals surface area contributed by atoms with E-state index in [1.807, 2.05) is 0 Å². The number of carbonyl (C=O) groups excluding carboxylic acids is 1. The van der Waals surface area contributed by atoms with Gasteiger partial charge in [-0.15, -0.1) is 0 Å². The number of carboxylic acid groups (broad SMARTS) is 1. The summed E-state index contributed by atoms with van der Waals surface area (Å²) in [5, 5.41) is 16.4. The van der Waals surface area contributed by atoms with Gasteiger partial charge in [0, 0.05) is 12.1 Å². The molecule has 2 N–H and O–H groups in total. The molecule has 1 aromatic carbocycles. The van der Waals surface area contributed by atoms with Gasteiger partial charge in [0.25, 0.3) is 5.91 Å². The van der Waals surface area contributed by atoms with Crippen molar-refractivity contribution in [3.8, 4) is 11.3 Å². The van der Waals surface area contributed by atoms with Crippen molar-refractivity contribution in [1.82, 2.24) is 15.1 Å². The highest BCUT2D eigenvalue weighted by molar-refractivity contribution is 5.96.